The third-order valence-corrected chi connectivity index (χ3v) is 4.45. The molecule has 0 aliphatic carbocycles. The number of piperidine rings is 1. The predicted octanol–water partition coefficient (Wildman–Crippen LogP) is 1.16. The lowest BCUT2D eigenvalue weighted by Gasteiger charge is -2.34. The lowest BCUT2D eigenvalue weighted by atomic mass is 9.89. The number of hydrogen-bond acceptors (Lipinski definition) is 4. The molecule has 0 aromatic carbocycles. The summed E-state index contributed by atoms with van der Waals surface area (Å²) < 4.78 is 10.9. The summed E-state index contributed by atoms with van der Waals surface area (Å²) in [4.78, 5) is 25.1. The van der Waals surface area contributed by atoms with Crippen LogP contribution in [0.4, 0.5) is 0 Å². The average molecular weight is 292 g/mol. The zero-order valence-electron chi connectivity index (χ0n) is 11.9. The Bertz CT molecular complexity index is 506. The van der Waals surface area contributed by atoms with E-state index in [2.05, 4.69) is 0 Å². The first-order valence-corrected chi connectivity index (χ1v) is 7.42. The fourth-order valence-corrected chi connectivity index (χ4v) is 3.25. The third kappa shape index (κ3) is 2.95. The van der Waals surface area contributed by atoms with E-state index in [1.54, 1.807) is 12.1 Å². The van der Waals surface area contributed by atoms with E-state index < -0.39 is 6.10 Å². The number of likely N-dealkylation sites (tertiary alicyclic amines) is 1. The highest BCUT2D eigenvalue weighted by Gasteiger charge is 2.36. The second-order valence-corrected chi connectivity index (χ2v) is 5.75. The second-order valence-electron chi connectivity index (χ2n) is 5.75. The molecule has 6 heteroatoms. The van der Waals surface area contributed by atoms with Gasteiger partial charge >= 0.3 is 0 Å². The molecule has 0 bridgehead atoms. The zero-order valence-corrected chi connectivity index (χ0v) is 11.9. The number of nitrogens with zero attached hydrogens (tertiary/aromatic N) is 1. The summed E-state index contributed by atoms with van der Waals surface area (Å²) in [5.41, 5.74) is 5.28. The van der Waals surface area contributed by atoms with Crippen LogP contribution in [0.15, 0.2) is 22.8 Å². The third-order valence-electron chi connectivity index (χ3n) is 4.45. The van der Waals surface area contributed by atoms with Gasteiger partial charge in [-0.15, -0.1) is 0 Å². The van der Waals surface area contributed by atoms with E-state index in [9.17, 15) is 9.59 Å². The number of amides is 2. The number of carbonyl (C=O) groups excluding carboxylic acids is 2. The summed E-state index contributed by atoms with van der Waals surface area (Å²) >= 11 is 0. The van der Waals surface area contributed by atoms with Gasteiger partial charge in [-0.1, -0.05) is 0 Å². The monoisotopic (exact) mass is 292 g/mol. The molecule has 3 heterocycles. The number of ether oxygens (including phenoxy) is 1. The van der Waals surface area contributed by atoms with Gasteiger partial charge < -0.3 is 19.8 Å². The molecule has 2 fully saturated rings. The molecule has 2 amide bonds. The first kappa shape index (κ1) is 14.1. The molecule has 0 unspecified atom stereocenters. The molecule has 2 saturated heterocycles. The molecule has 0 spiro atoms. The van der Waals surface area contributed by atoms with E-state index in [1.807, 2.05) is 4.90 Å². The Morgan fingerprint density at radius 3 is 2.52 bits per heavy atom. The van der Waals surface area contributed by atoms with Crippen molar-refractivity contribution >= 4 is 11.8 Å². The first-order chi connectivity index (χ1) is 10.1. The Hall–Kier alpha value is -1.82. The fourth-order valence-electron chi connectivity index (χ4n) is 3.25. The van der Waals surface area contributed by atoms with Gasteiger partial charge in [0.1, 0.15) is 6.10 Å². The van der Waals surface area contributed by atoms with Crippen molar-refractivity contribution in [2.45, 2.75) is 37.9 Å². The Kier molecular flexibility index (Phi) is 3.96. The molecule has 0 saturated carbocycles. The van der Waals surface area contributed by atoms with Crippen LogP contribution < -0.4 is 5.73 Å². The highest BCUT2D eigenvalue weighted by Crippen LogP contribution is 2.32. The minimum absolute atomic E-state index is 0.0548. The van der Waals surface area contributed by atoms with Crippen LogP contribution in [0.2, 0.25) is 0 Å². The lowest BCUT2D eigenvalue weighted by molar-refractivity contribution is -0.130. The van der Waals surface area contributed by atoms with Crippen LogP contribution in [0.25, 0.3) is 0 Å². The van der Waals surface area contributed by atoms with Crippen LogP contribution in [0.5, 0.6) is 0 Å². The van der Waals surface area contributed by atoms with Crippen molar-refractivity contribution < 1.29 is 18.7 Å². The maximum atomic E-state index is 12.2. The van der Waals surface area contributed by atoms with Gasteiger partial charge in [0.25, 0.3) is 5.91 Å². The maximum Gasteiger partial charge on any atom is 0.289 e. The van der Waals surface area contributed by atoms with Crippen molar-refractivity contribution in [3.8, 4) is 0 Å². The first-order valence-electron chi connectivity index (χ1n) is 7.42. The van der Waals surface area contributed by atoms with Crippen LogP contribution in [-0.2, 0) is 9.53 Å². The molecule has 0 radical (unpaired) electrons. The van der Waals surface area contributed by atoms with Gasteiger partial charge in [0.15, 0.2) is 5.76 Å². The smallest absolute Gasteiger partial charge is 0.289 e. The summed E-state index contributed by atoms with van der Waals surface area (Å²) in [6.07, 6.45) is 4.55. The fraction of sp³-hybridized carbons (Fsp3) is 0.600. The molecule has 21 heavy (non-hydrogen) atoms. The Balaban J connectivity index is 1.52. The van der Waals surface area contributed by atoms with E-state index in [0.717, 1.165) is 19.3 Å². The summed E-state index contributed by atoms with van der Waals surface area (Å²) in [6.45, 7) is 1.40. The van der Waals surface area contributed by atoms with E-state index in [-0.39, 0.29) is 17.9 Å². The summed E-state index contributed by atoms with van der Waals surface area (Å²) in [5.74, 6) is 0.359. The number of primary amides is 1. The molecule has 3 rings (SSSR count). The molecule has 2 aliphatic heterocycles. The van der Waals surface area contributed by atoms with Crippen LogP contribution in [0.1, 0.15) is 36.2 Å². The van der Waals surface area contributed by atoms with Crippen LogP contribution in [-0.4, -0.2) is 42.0 Å². The molecule has 6 nitrogen and oxygen atoms in total. The van der Waals surface area contributed by atoms with Gasteiger partial charge in [-0.3, -0.25) is 9.59 Å². The number of nitrogens with two attached hydrogens (primary N) is 1. The highest BCUT2D eigenvalue weighted by atomic mass is 16.5. The average Bonchev–Trinajstić information content (AvgIpc) is 3.18. The quantitative estimate of drug-likeness (QED) is 0.906. The molecular weight excluding hydrogens is 272 g/mol. The molecule has 1 aromatic rings. The van der Waals surface area contributed by atoms with Gasteiger partial charge in [-0.05, 0) is 43.7 Å². The highest BCUT2D eigenvalue weighted by molar-refractivity contribution is 5.91. The molecule has 2 atom stereocenters. The lowest BCUT2D eigenvalue weighted by Crippen LogP contribution is -2.41. The van der Waals surface area contributed by atoms with Crippen molar-refractivity contribution in [1.82, 2.24) is 4.90 Å². The van der Waals surface area contributed by atoms with E-state index >= 15 is 0 Å². The molecular formula is C15H20N2O4. The number of hydrogen-bond donors (Lipinski definition) is 1. The maximum absolute atomic E-state index is 12.2. The van der Waals surface area contributed by atoms with Crippen LogP contribution >= 0.6 is 0 Å². The van der Waals surface area contributed by atoms with Gasteiger partial charge in [0.05, 0.1) is 12.4 Å². The van der Waals surface area contributed by atoms with Crippen molar-refractivity contribution in [2.24, 2.45) is 11.7 Å². The SMILES string of the molecule is NC(=O)[C@H]1CC[C@@H](C2CCN(C(=O)c3ccco3)CC2)O1. The van der Waals surface area contributed by atoms with Crippen molar-refractivity contribution in [2.75, 3.05) is 13.1 Å². The van der Waals surface area contributed by atoms with E-state index in [0.29, 0.717) is 31.2 Å². The minimum atomic E-state index is -0.433. The molecule has 1 aromatic heterocycles. The Morgan fingerprint density at radius 2 is 1.95 bits per heavy atom. The number of rotatable bonds is 3. The van der Waals surface area contributed by atoms with Crippen LogP contribution in [0.3, 0.4) is 0 Å². The topological polar surface area (TPSA) is 85.8 Å². The predicted molar refractivity (Wildman–Crippen MR) is 74.4 cm³/mol. The summed E-state index contributed by atoms with van der Waals surface area (Å²) in [5, 5.41) is 0. The van der Waals surface area contributed by atoms with Gasteiger partial charge in [0, 0.05) is 13.1 Å². The normalized spacial score (nSPS) is 27.0. The van der Waals surface area contributed by atoms with Crippen LogP contribution in [0, 0.1) is 5.92 Å². The van der Waals surface area contributed by atoms with Crippen molar-refractivity contribution in [3.05, 3.63) is 24.2 Å². The number of furan rings is 1. The summed E-state index contributed by atoms with van der Waals surface area (Å²) in [6, 6.07) is 3.41. The van der Waals surface area contributed by atoms with E-state index in [4.69, 9.17) is 14.9 Å². The minimum Gasteiger partial charge on any atom is -0.459 e. The summed E-state index contributed by atoms with van der Waals surface area (Å²) in [7, 11) is 0. The number of carbonyl (C=O) groups is 2. The van der Waals surface area contributed by atoms with Crippen molar-refractivity contribution in [1.29, 1.82) is 0 Å². The van der Waals surface area contributed by atoms with E-state index in [1.165, 1.54) is 6.26 Å². The van der Waals surface area contributed by atoms with Gasteiger partial charge in [-0.25, -0.2) is 0 Å². The zero-order chi connectivity index (χ0) is 14.8. The Morgan fingerprint density at radius 1 is 1.19 bits per heavy atom. The Labute approximate surface area is 123 Å². The molecule has 114 valence electrons. The molecule has 2 N–H and O–H groups in total. The van der Waals surface area contributed by atoms with Gasteiger partial charge in [-0.2, -0.15) is 0 Å². The second kappa shape index (κ2) is 5.89. The van der Waals surface area contributed by atoms with Crippen molar-refractivity contribution in [3.63, 3.8) is 0 Å². The van der Waals surface area contributed by atoms with Gasteiger partial charge in [0.2, 0.25) is 5.91 Å². The standard InChI is InChI=1S/C15H20N2O4/c16-14(18)12-4-3-11(21-12)10-5-7-17(8-6-10)15(19)13-2-1-9-20-13/h1-2,9-12H,3-8H2,(H2,16,18)/t11-,12+/m0/s1. The molecule has 2 aliphatic rings. The largest absolute Gasteiger partial charge is 0.459 e.